The minimum absolute atomic E-state index is 0.201. The van der Waals surface area contributed by atoms with Crippen molar-refractivity contribution in [3.05, 3.63) is 76.0 Å². The summed E-state index contributed by atoms with van der Waals surface area (Å²) in [6.45, 7) is 1.67. The van der Waals surface area contributed by atoms with E-state index in [9.17, 15) is 22.8 Å². The SMILES string of the molecule is Cc1ccc(-c2nc(CCNC(=O)Cn3cccc(C(F)(F)F)c3=O)co2)cc1. The minimum atomic E-state index is -4.77. The molecule has 0 atom stereocenters. The second-order valence-corrected chi connectivity index (χ2v) is 6.46. The highest BCUT2D eigenvalue weighted by molar-refractivity contribution is 5.75. The van der Waals surface area contributed by atoms with Crippen LogP contribution in [0.2, 0.25) is 0 Å². The predicted octanol–water partition coefficient (Wildman–Crippen LogP) is 3.19. The normalized spacial score (nSPS) is 11.4. The molecule has 0 unspecified atom stereocenters. The van der Waals surface area contributed by atoms with Crippen molar-refractivity contribution in [2.24, 2.45) is 0 Å². The van der Waals surface area contributed by atoms with E-state index in [4.69, 9.17) is 4.42 Å². The van der Waals surface area contributed by atoms with Crippen LogP contribution in [0, 0.1) is 6.92 Å². The molecule has 2 heterocycles. The first kappa shape index (κ1) is 20.4. The molecule has 9 heteroatoms. The van der Waals surface area contributed by atoms with Crippen molar-refractivity contribution in [1.82, 2.24) is 14.9 Å². The van der Waals surface area contributed by atoms with Gasteiger partial charge in [0, 0.05) is 24.7 Å². The zero-order valence-corrected chi connectivity index (χ0v) is 15.5. The molecule has 3 aromatic rings. The lowest BCUT2D eigenvalue weighted by Crippen LogP contribution is -2.35. The standard InChI is InChI=1S/C20H18F3N3O3/c1-13-4-6-14(7-5-13)18-25-15(12-29-18)8-9-24-17(27)11-26-10-2-3-16(19(26)28)20(21,22)23/h2-7,10,12H,8-9,11H2,1H3,(H,24,27). The van der Waals surface area contributed by atoms with Gasteiger partial charge in [0.25, 0.3) is 5.56 Å². The highest BCUT2D eigenvalue weighted by Gasteiger charge is 2.34. The number of pyridine rings is 1. The van der Waals surface area contributed by atoms with E-state index in [2.05, 4.69) is 10.3 Å². The van der Waals surface area contributed by atoms with Crippen molar-refractivity contribution >= 4 is 5.91 Å². The Morgan fingerprint density at radius 2 is 1.93 bits per heavy atom. The second kappa shape index (κ2) is 8.34. The Hall–Kier alpha value is -3.36. The van der Waals surface area contributed by atoms with Gasteiger partial charge in [-0.2, -0.15) is 13.2 Å². The van der Waals surface area contributed by atoms with Gasteiger partial charge in [0.05, 0.1) is 5.69 Å². The second-order valence-electron chi connectivity index (χ2n) is 6.46. The number of carbonyl (C=O) groups is 1. The van der Waals surface area contributed by atoms with Gasteiger partial charge in [-0.25, -0.2) is 4.98 Å². The summed E-state index contributed by atoms with van der Waals surface area (Å²) < 4.78 is 44.5. The van der Waals surface area contributed by atoms with Crippen LogP contribution in [-0.2, 0) is 23.9 Å². The summed E-state index contributed by atoms with van der Waals surface area (Å²) in [5, 5.41) is 2.56. The molecule has 0 aliphatic heterocycles. The Morgan fingerprint density at radius 3 is 2.62 bits per heavy atom. The summed E-state index contributed by atoms with van der Waals surface area (Å²) in [5.41, 5.74) is 0.00320. The molecule has 0 radical (unpaired) electrons. The van der Waals surface area contributed by atoms with Crippen LogP contribution < -0.4 is 10.9 Å². The Balaban J connectivity index is 1.55. The number of hydrogen-bond donors (Lipinski definition) is 1. The van der Waals surface area contributed by atoms with Gasteiger partial charge in [0.2, 0.25) is 11.8 Å². The third kappa shape index (κ3) is 5.13. The summed E-state index contributed by atoms with van der Waals surface area (Å²) >= 11 is 0. The molecule has 0 bridgehead atoms. The van der Waals surface area contributed by atoms with Crippen LogP contribution in [0.3, 0.4) is 0 Å². The fourth-order valence-corrected chi connectivity index (χ4v) is 2.67. The largest absolute Gasteiger partial charge is 0.444 e. The fourth-order valence-electron chi connectivity index (χ4n) is 2.67. The summed E-state index contributed by atoms with van der Waals surface area (Å²) in [6, 6.07) is 9.43. The van der Waals surface area contributed by atoms with Crippen LogP contribution in [0.15, 0.2) is 58.1 Å². The van der Waals surface area contributed by atoms with Gasteiger partial charge in [-0.3, -0.25) is 9.59 Å². The maximum Gasteiger partial charge on any atom is 0.421 e. The van der Waals surface area contributed by atoms with Crippen molar-refractivity contribution in [1.29, 1.82) is 0 Å². The summed E-state index contributed by atoms with van der Waals surface area (Å²) in [7, 11) is 0. The maximum atomic E-state index is 12.8. The number of oxazole rings is 1. The maximum absolute atomic E-state index is 12.8. The summed E-state index contributed by atoms with van der Waals surface area (Å²) in [6.07, 6.45) is -1.77. The van der Waals surface area contributed by atoms with E-state index in [-0.39, 0.29) is 6.54 Å². The van der Waals surface area contributed by atoms with E-state index in [0.717, 1.165) is 28.0 Å². The van der Waals surface area contributed by atoms with Crippen molar-refractivity contribution in [3.8, 4) is 11.5 Å². The number of benzene rings is 1. The number of halogens is 3. The van der Waals surface area contributed by atoms with Gasteiger partial charge in [-0.15, -0.1) is 0 Å². The van der Waals surface area contributed by atoms with Gasteiger partial charge in [0.15, 0.2) is 0 Å². The zero-order valence-electron chi connectivity index (χ0n) is 15.5. The van der Waals surface area contributed by atoms with E-state index >= 15 is 0 Å². The molecule has 6 nitrogen and oxygen atoms in total. The third-order valence-electron chi connectivity index (χ3n) is 4.19. The van der Waals surface area contributed by atoms with Crippen LogP contribution in [0.25, 0.3) is 11.5 Å². The molecular formula is C20H18F3N3O3. The molecule has 0 saturated carbocycles. The molecule has 1 amide bonds. The molecule has 0 aliphatic carbocycles. The van der Waals surface area contributed by atoms with Crippen LogP contribution in [0.4, 0.5) is 13.2 Å². The summed E-state index contributed by atoms with van der Waals surface area (Å²) in [5.74, 6) is -0.115. The number of nitrogens with zero attached hydrogens (tertiary/aromatic N) is 2. The molecule has 0 aliphatic rings. The van der Waals surface area contributed by atoms with Crippen molar-refractivity contribution in [2.45, 2.75) is 26.1 Å². The molecule has 0 saturated heterocycles. The lowest BCUT2D eigenvalue weighted by molar-refractivity contribution is -0.139. The molecule has 0 fully saturated rings. The summed E-state index contributed by atoms with van der Waals surface area (Å²) in [4.78, 5) is 28.2. The Kier molecular flexibility index (Phi) is 5.86. The first-order valence-electron chi connectivity index (χ1n) is 8.79. The average molecular weight is 405 g/mol. The first-order valence-corrected chi connectivity index (χ1v) is 8.79. The van der Waals surface area contributed by atoms with Gasteiger partial charge in [0.1, 0.15) is 18.4 Å². The number of amides is 1. The lowest BCUT2D eigenvalue weighted by Gasteiger charge is -2.10. The van der Waals surface area contributed by atoms with E-state index in [1.54, 1.807) is 0 Å². The monoisotopic (exact) mass is 405 g/mol. The quantitative estimate of drug-likeness (QED) is 0.683. The highest BCUT2D eigenvalue weighted by Crippen LogP contribution is 2.26. The minimum Gasteiger partial charge on any atom is -0.444 e. The molecule has 1 aromatic carbocycles. The molecular weight excluding hydrogens is 387 g/mol. The third-order valence-corrected chi connectivity index (χ3v) is 4.19. The van der Waals surface area contributed by atoms with E-state index in [1.165, 1.54) is 6.26 Å². The zero-order chi connectivity index (χ0) is 21.0. The van der Waals surface area contributed by atoms with Crippen LogP contribution >= 0.6 is 0 Å². The van der Waals surface area contributed by atoms with Crippen LogP contribution in [0.5, 0.6) is 0 Å². The molecule has 152 valence electrons. The average Bonchev–Trinajstić information content (AvgIpc) is 3.12. The number of carbonyl (C=O) groups excluding carboxylic acids is 1. The fraction of sp³-hybridized carbons (Fsp3) is 0.250. The molecule has 2 aromatic heterocycles. The van der Waals surface area contributed by atoms with Crippen molar-refractivity contribution in [2.75, 3.05) is 6.54 Å². The van der Waals surface area contributed by atoms with E-state index < -0.39 is 29.8 Å². The molecule has 29 heavy (non-hydrogen) atoms. The Morgan fingerprint density at radius 1 is 1.21 bits per heavy atom. The number of alkyl halides is 3. The van der Waals surface area contributed by atoms with Crippen LogP contribution in [0.1, 0.15) is 16.8 Å². The smallest absolute Gasteiger partial charge is 0.421 e. The lowest BCUT2D eigenvalue weighted by atomic mass is 10.1. The van der Waals surface area contributed by atoms with E-state index in [0.29, 0.717) is 24.1 Å². The van der Waals surface area contributed by atoms with Gasteiger partial charge in [-0.05, 0) is 31.2 Å². The number of rotatable bonds is 6. The molecule has 3 rings (SSSR count). The predicted molar refractivity (Wildman–Crippen MR) is 99.1 cm³/mol. The van der Waals surface area contributed by atoms with Gasteiger partial charge in [-0.1, -0.05) is 17.7 Å². The Bertz CT molecular complexity index is 1050. The van der Waals surface area contributed by atoms with E-state index in [1.807, 2.05) is 31.2 Å². The van der Waals surface area contributed by atoms with Gasteiger partial charge < -0.3 is 14.3 Å². The number of aryl methyl sites for hydroxylation is 1. The number of hydrogen-bond acceptors (Lipinski definition) is 4. The first-order chi connectivity index (χ1) is 13.7. The Labute approximate surface area is 164 Å². The topological polar surface area (TPSA) is 77.1 Å². The van der Waals surface area contributed by atoms with Crippen LogP contribution in [-0.4, -0.2) is 22.0 Å². The number of nitrogens with one attached hydrogen (secondary N) is 1. The molecule has 0 spiro atoms. The number of aromatic nitrogens is 2. The van der Waals surface area contributed by atoms with Gasteiger partial charge >= 0.3 is 6.18 Å². The van der Waals surface area contributed by atoms with Crippen molar-refractivity contribution < 1.29 is 22.4 Å². The molecule has 1 N–H and O–H groups in total. The highest BCUT2D eigenvalue weighted by atomic mass is 19.4. The van der Waals surface area contributed by atoms with Crippen molar-refractivity contribution in [3.63, 3.8) is 0 Å².